The van der Waals surface area contributed by atoms with Crippen molar-refractivity contribution < 1.29 is 27.4 Å². The maximum atomic E-state index is 12.7. The van der Waals surface area contributed by atoms with Gasteiger partial charge in [-0.1, -0.05) is 23.8 Å². The molecule has 1 unspecified atom stereocenters. The molecular weight excluding hydrogens is 370 g/mol. The van der Waals surface area contributed by atoms with Crippen molar-refractivity contribution in [3.8, 4) is 11.5 Å². The number of sulfonamides is 1. The van der Waals surface area contributed by atoms with Crippen LogP contribution in [0.1, 0.15) is 18.1 Å². The molecule has 1 aliphatic rings. The van der Waals surface area contributed by atoms with Gasteiger partial charge in [0.05, 0.1) is 11.5 Å². The van der Waals surface area contributed by atoms with Gasteiger partial charge in [0.25, 0.3) is 0 Å². The number of hydrogen-bond donors (Lipinski definition) is 1. The maximum absolute atomic E-state index is 12.7. The van der Waals surface area contributed by atoms with Crippen LogP contribution in [0.5, 0.6) is 11.5 Å². The third kappa shape index (κ3) is 4.58. The van der Waals surface area contributed by atoms with Crippen molar-refractivity contribution in [2.75, 3.05) is 13.4 Å². The number of fused-ring (bicyclic) bond motifs is 1. The zero-order valence-corrected chi connectivity index (χ0v) is 15.9. The SMILES string of the molecule is CCOC(=O)C(Cc1ccc2c(c1)OCO2)NS(=O)(=O)c1ccc(C)cc1. The number of ether oxygens (including phenoxy) is 3. The first kappa shape index (κ1) is 19.2. The maximum Gasteiger partial charge on any atom is 0.324 e. The van der Waals surface area contributed by atoms with Crippen LogP contribution in [0.4, 0.5) is 0 Å². The van der Waals surface area contributed by atoms with Crippen LogP contribution in [-0.4, -0.2) is 33.8 Å². The fraction of sp³-hybridized carbons (Fsp3) is 0.316. The van der Waals surface area contributed by atoms with E-state index in [0.717, 1.165) is 11.1 Å². The van der Waals surface area contributed by atoms with Crippen molar-refractivity contribution in [3.63, 3.8) is 0 Å². The van der Waals surface area contributed by atoms with Crippen molar-refractivity contribution >= 4 is 16.0 Å². The lowest BCUT2D eigenvalue weighted by Gasteiger charge is -2.18. The van der Waals surface area contributed by atoms with E-state index in [-0.39, 0.29) is 24.7 Å². The third-order valence-electron chi connectivity index (χ3n) is 4.08. The van der Waals surface area contributed by atoms with Crippen LogP contribution >= 0.6 is 0 Å². The van der Waals surface area contributed by atoms with E-state index in [2.05, 4.69) is 4.72 Å². The number of hydrogen-bond acceptors (Lipinski definition) is 6. The average molecular weight is 391 g/mol. The highest BCUT2D eigenvalue weighted by atomic mass is 32.2. The molecule has 2 aromatic rings. The lowest BCUT2D eigenvalue weighted by Crippen LogP contribution is -2.43. The Bertz CT molecular complexity index is 924. The lowest BCUT2D eigenvalue weighted by molar-refractivity contribution is -0.145. The van der Waals surface area contributed by atoms with Gasteiger partial charge < -0.3 is 14.2 Å². The minimum Gasteiger partial charge on any atom is -0.465 e. The van der Waals surface area contributed by atoms with Gasteiger partial charge >= 0.3 is 5.97 Å². The van der Waals surface area contributed by atoms with Crippen molar-refractivity contribution in [1.29, 1.82) is 0 Å². The highest BCUT2D eigenvalue weighted by Crippen LogP contribution is 2.32. The number of nitrogens with one attached hydrogen (secondary N) is 1. The normalized spacial score (nSPS) is 14.0. The molecule has 0 aromatic heterocycles. The molecule has 0 bridgehead atoms. The Morgan fingerprint density at radius 3 is 2.56 bits per heavy atom. The first-order chi connectivity index (χ1) is 12.9. The molecule has 0 saturated carbocycles. The van der Waals surface area contributed by atoms with Gasteiger partial charge in [-0.15, -0.1) is 0 Å². The highest BCUT2D eigenvalue weighted by molar-refractivity contribution is 7.89. The van der Waals surface area contributed by atoms with E-state index < -0.39 is 22.0 Å². The second-order valence-electron chi connectivity index (χ2n) is 6.13. The molecule has 1 N–H and O–H groups in total. The zero-order chi connectivity index (χ0) is 19.4. The van der Waals surface area contributed by atoms with Crippen LogP contribution in [0.25, 0.3) is 0 Å². The smallest absolute Gasteiger partial charge is 0.324 e. The molecule has 0 spiro atoms. The van der Waals surface area contributed by atoms with Crippen molar-refractivity contribution in [2.45, 2.75) is 31.2 Å². The van der Waals surface area contributed by atoms with Crippen LogP contribution in [0.2, 0.25) is 0 Å². The number of rotatable bonds is 7. The Labute approximate surface area is 158 Å². The van der Waals surface area contributed by atoms with E-state index in [1.54, 1.807) is 37.3 Å². The van der Waals surface area contributed by atoms with Gasteiger partial charge in [0.1, 0.15) is 6.04 Å². The number of aryl methyl sites for hydroxylation is 1. The van der Waals surface area contributed by atoms with Gasteiger partial charge in [-0.05, 0) is 50.1 Å². The Morgan fingerprint density at radius 2 is 1.85 bits per heavy atom. The molecule has 0 radical (unpaired) electrons. The number of esters is 1. The van der Waals surface area contributed by atoms with E-state index in [0.29, 0.717) is 11.5 Å². The predicted molar refractivity (Wildman–Crippen MR) is 98.2 cm³/mol. The molecule has 3 rings (SSSR count). The van der Waals surface area contributed by atoms with Gasteiger partial charge in [0.15, 0.2) is 11.5 Å². The summed E-state index contributed by atoms with van der Waals surface area (Å²) in [5.74, 6) is 0.550. The largest absolute Gasteiger partial charge is 0.465 e. The molecule has 1 atom stereocenters. The third-order valence-corrected chi connectivity index (χ3v) is 5.56. The fourth-order valence-corrected chi connectivity index (χ4v) is 3.88. The van der Waals surface area contributed by atoms with Crippen LogP contribution in [0.15, 0.2) is 47.4 Å². The molecule has 0 saturated heterocycles. The summed E-state index contributed by atoms with van der Waals surface area (Å²) < 4.78 is 43.5. The molecule has 0 amide bonds. The Kier molecular flexibility index (Phi) is 5.67. The van der Waals surface area contributed by atoms with E-state index in [1.807, 2.05) is 6.92 Å². The molecule has 27 heavy (non-hydrogen) atoms. The van der Waals surface area contributed by atoms with Gasteiger partial charge in [0.2, 0.25) is 16.8 Å². The molecule has 1 heterocycles. The van der Waals surface area contributed by atoms with Crippen LogP contribution in [0, 0.1) is 6.92 Å². The summed E-state index contributed by atoms with van der Waals surface area (Å²) in [5, 5.41) is 0. The molecule has 0 aliphatic carbocycles. The van der Waals surface area contributed by atoms with Crippen molar-refractivity contribution in [3.05, 3.63) is 53.6 Å². The van der Waals surface area contributed by atoms with Gasteiger partial charge in [-0.2, -0.15) is 4.72 Å². The molecule has 7 nitrogen and oxygen atoms in total. The molecular formula is C19H21NO6S. The Morgan fingerprint density at radius 1 is 1.15 bits per heavy atom. The summed E-state index contributed by atoms with van der Waals surface area (Å²) in [6.45, 7) is 3.83. The van der Waals surface area contributed by atoms with Crippen molar-refractivity contribution in [1.82, 2.24) is 4.72 Å². The van der Waals surface area contributed by atoms with E-state index in [1.165, 1.54) is 12.1 Å². The quantitative estimate of drug-likeness (QED) is 0.728. The standard InChI is InChI=1S/C19H21NO6S/c1-3-24-19(21)16(10-14-6-9-17-18(11-14)26-12-25-17)20-27(22,23)15-7-4-13(2)5-8-15/h4-9,11,16,20H,3,10,12H2,1-2H3. The van der Waals surface area contributed by atoms with E-state index >= 15 is 0 Å². The highest BCUT2D eigenvalue weighted by Gasteiger charge is 2.28. The first-order valence-corrected chi connectivity index (χ1v) is 10.0. The predicted octanol–water partition coefficient (Wildman–Crippen LogP) is 2.18. The van der Waals surface area contributed by atoms with E-state index in [9.17, 15) is 13.2 Å². The second-order valence-corrected chi connectivity index (χ2v) is 7.84. The topological polar surface area (TPSA) is 90.9 Å². The Hall–Kier alpha value is -2.58. The number of benzene rings is 2. The summed E-state index contributed by atoms with van der Waals surface area (Å²) in [4.78, 5) is 12.4. The number of carbonyl (C=O) groups excluding carboxylic acids is 1. The van der Waals surface area contributed by atoms with Crippen LogP contribution in [0.3, 0.4) is 0 Å². The second kappa shape index (κ2) is 7.98. The molecule has 1 aliphatic heterocycles. The summed E-state index contributed by atoms with van der Waals surface area (Å²) in [5.41, 5.74) is 1.67. The Balaban J connectivity index is 1.83. The van der Waals surface area contributed by atoms with Gasteiger partial charge in [0, 0.05) is 0 Å². The molecule has 0 fully saturated rings. The summed E-state index contributed by atoms with van der Waals surface area (Å²) in [7, 11) is -3.88. The monoisotopic (exact) mass is 391 g/mol. The van der Waals surface area contributed by atoms with Crippen LogP contribution < -0.4 is 14.2 Å². The summed E-state index contributed by atoms with van der Waals surface area (Å²) >= 11 is 0. The average Bonchev–Trinajstić information content (AvgIpc) is 3.09. The van der Waals surface area contributed by atoms with Crippen molar-refractivity contribution in [2.24, 2.45) is 0 Å². The fourth-order valence-electron chi connectivity index (χ4n) is 2.69. The minimum atomic E-state index is -3.88. The lowest BCUT2D eigenvalue weighted by atomic mass is 10.1. The summed E-state index contributed by atoms with van der Waals surface area (Å²) in [6, 6.07) is 10.6. The molecule has 8 heteroatoms. The summed E-state index contributed by atoms with van der Waals surface area (Å²) in [6.07, 6.45) is 0.126. The van der Waals surface area contributed by atoms with Gasteiger partial charge in [-0.3, -0.25) is 4.79 Å². The molecule has 144 valence electrons. The minimum absolute atomic E-state index is 0.0908. The van der Waals surface area contributed by atoms with Crippen LogP contribution in [-0.2, 0) is 26.0 Å². The zero-order valence-electron chi connectivity index (χ0n) is 15.1. The van der Waals surface area contributed by atoms with E-state index in [4.69, 9.17) is 14.2 Å². The van der Waals surface area contributed by atoms with Gasteiger partial charge in [-0.25, -0.2) is 8.42 Å². The first-order valence-electron chi connectivity index (χ1n) is 8.53. The number of carbonyl (C=O) groups is 1. The molecule has 2 aromatic carbocycles.